The number of fused-ring (bicyclic) bond motifs is 1. The van der Waals surface area contributed by atoms with E-state index in [2.05, 4.69) is 45.9 Å². The molecular formula is C16H19N5. The summed E-state index contributed by atoms with van der Waals surface area (Å²) < 4.78 is 2.14. The minimum absolute atomic E-state index is 0.378. The van der Waals surface area contributed by atoms with Crippen molar-refractivity contribution in [2.24, 2.45) is 5.84 Å². The lowest BCUT2D eigenvalue weighted by Crippen LogP contribution is -2.14. The van der Waals surface area contributed by atoms with Crippen molar-refractivity contribution in [2.45, 2.75) is 26.3 Å². The van der Waals surface area contributed by atoms with Crippen molar-refractivity contribution in [1.29, 1.82) is 0 Å². The van der Waals surface area contributed by atoms with Crippen LogP contribution in [0.15, 0.2) is 42.7 Å². The number of nitrogens with two attached hydrogens (primary N) is 1. The summed E-state index contributed by atoms with van der Waals surface area (Å²) in [6, 6.07) is 10.2. The van der Waals surface area contributed by atoms with Crippen LogP contribution < -0.4 is 11.3 Å². The highest BCUT2D eigenvalue weighted by Gasteiger charge is 2.11. The molecule has 5 heteroatoms. The molecular weight excluding hydrogens is 262 g/mol. The number of anilines is 1. The summed E-state index contributed by atoms with van der Waals surface area (Å²) in [5.41, 5.74) is 4.69. The second-order valence-electron chi connectivity index (χ2n) is 5.40. The molecule has 0 aliphatic heterocycles. The zero-order chi connectivity index (χ0) is 14.8. The Balaban J connectivity index is 2.04. The predicted molar refractivity (Wildman–Crippen MR) is 85.0 cm³/mol. The second kappa shape index (κ2) is 5.54. The lowest BCUT2D eigenvalue weighted by Gasteiger charge is -2.14. The highest BCUT2D eigenvalue weighted by Crippen LogP contribution is 2.22. The van der Waals surface area contributed by atoms with Gasteiger partial charge in [-0.2, -0.15) is 0 Å². The molecule has 0 saturated carbocycles. The Hall–Kier alpha value is -2.40. The van der Waals surface area contributed by atoms with Gasteiger partial charge in [-0.05, 0) is 12.1 Å². The summed E-state index contributed by atoms with van der Waals surface area (Å²) in [6.45, 7) is 4.98. The molecule has 0 unspecified atom stereocenters. The first-order valence-electron chi connectivity index (χ1n) is 7.05. The van der Waals surface area contributed by atoms with Crippen molar-refractivity contribution in [1.82, 2.24) is 14.5 Å². The van der Waals surface area contributed by atoms with Crippen molar-refractivity contribution in [3.63, 3.8) is 0 Å². The van der Waals surface area contributed by atoms with Crippen molar-refractivity contribution in [3.05, 3.63) is 54.1 Å². The third-order valence-corrected chi connectivity index (χ3v) is 3.54. The van der Waals surface area contributed by atoms with Crippen LogP contribution in [0.3, 0.4) is 0 Å². The van der Waals surface area contributed by atoms with E-state index in [-0.39, 0.29) is 0 Å². The van der Waals surface area contributed by atoms with Gasteiger partial charge in [0, 0.05) is 29.3 Å². The standard InChI is InChI=1S/C16H19N5/c1-11(2)16-18-7-8-21(16)10-13-9-12-5-3-4-6-14(12)19-15(13)20-17/h3-9,11H,10,17H2,1-2H3,(H,19,20). The van der Waals surface area contributed by atoms with Gasteiger partial charge in [-0.1, -0.05) is 32.0 Å². The number of hydrogen-bond acceptors (Lipinski definition) is 4. The summed E-state index contributed by atoms with van der Waals surface area (Å²) in [6.07, 6.45) is 3.82. The van der Waals surface area contributed by atoms with E-state index < -0.39 is 0 Å². The summed E-state index contributed by atoms with van der Waals surface area (Å²) in [5, 5.41) is 1.11. The van der Waals surface area contributed by atoms with E-state index in [0.29, 0.717) is 18.3 Å². The number of benzene rings is 1. The molecule has 3 N–H and O–H groups in total. The highest BCUT2D eigenvalue weighted by atomic mass is 15.3. The molecule has 3 rings (SSSR count). The van der Waals surface area contributed by atoms with Gasteiger partial charge in [0.1, 0.15) is 11.6 Å². The van der Waals surface area contributed by atoms with Gasteiger partial charge in [0.05, 0.1) is 12.1 Å². The predicted octanol–water partition coefficient (Wildman–Crippen LogP) is 2.89. The fraction of sp³-hybridized carbons (Fsp3) is 0.250. The first-order chi connectivity index (χ1) is 10.2. The minimum Gasteiger partial charge on any atom is -0.330 e. The number of hydrazine groups is 1. The number of nitrogen functional groups attached to an aromatic ring is 1. The topological polar surface area (TPSA) is 68.8 Å². The van der Waals surface area contributed by atoms with Gasteiger partial charge in [0.2, 0.25) is 0 Å². The van der Waals surface area contributed by atoms with Crippen molar-refractivity contribution < 1.29 is 0 Å². The van der Waals surface area contributed by atoms with Gasteiger partial charge < -0.3 is 9.99 Å². The Bertz CT molecular complexity index is 760. The maximum absolute atomic E-state index is 5.63. The van der Waals surface area contributed by atoms with Gasteiger partial charge in [-0.25, -0.2) is 15.8 Å². The molecule has 0 amide bonds. The highest BCUT2D eigenvalue weighted by molar-refractivity contribution is 5.81. The maximum atomic E-state index is 5.63. The second-order valence-corrected chi connectivity index (χ2v) is 5.40. The summed E-state index contributed by atoms with van der Waals surface area (Å²) in [7, 11) is 0. The van der Waals surface area contributed by atoms with E-state index in [9.17, 15) is 0 Å². The van der Waals surface area contributed by atoms with Crippen molar-refractivity contribution in [2.75, 3.05) is 5.43 Å². The monoisotopic (exact) mass is 281 g/mol. The lowest BCUT2D eigenvalue weighted by molar-refractivity contribution is 0.669. The van der Waals surface area contributed by atoms with Crippen LogP contribution >= 0.6 is 0 Å². The third-order valence-electron chi connectivity index (χ3n) is 3.54. The van der Waals surface area contributed by atoms with E-state index >= 15 is 0 Å². The quantitative estimate of drug-likeness (QED) is 0.570. The number of imidazole rings is 1. The smallest absolute Gasteiger partial charge is 0.145 e. The summed E-state index contributed by atoms with van der Waals surface area (Å²) in [5.74, 6) is 7.78. The molecule has 108 valence electrons. The fourth-order valence-electron chi connectivity index (χ4n) is 2.54. The molecule has 1 aromatic carbocycles. The molecule has 0 bridgehead atoms. The lowest BCUT2D eigenvalue weighted by atomic mass is 10.1. The molecule has 0 aliphatic carbocycles. The number of pyridine rings is 1. The molecule has 2 aromatic heterocycles. The van der Waals surface area contributed by atoms with Crippen molar-refractivity contribution >= 4 is 16.7 Å². The SMILES string of the molecule is CC(C)c1nccn1Cc1cc2ccccc2nc1NN. The largest absolute Gasteiger partial charge is 0.330 e. The third kappa shape index (κ3) is 2.60. The average molecular weight is 281 g/mol. The van der Waals surface area contributed by atoms with Crippen LogP contribution in [0.1, 0.15) is 31.2 Å². The van der Waals surface area contributed by atoms with Crippen LogP contribution in [0, 0.1) is 0 Å². The number of nitrogens with zero attached hydrogens (tertiary/aromatic N) is 3. The van der Waals surface area contributed by atoms with Crippen molar-refractivity contribution in [3.8, 4) is 0 Å². The molecule has 3 aromatic rings. The first kappa shape index (κ1) is 13.6. The number of nitrogens with one attached hydrogen (secondary N) is 1. The number of para-hydroxylation sites is 1. The van der Waals surface area contributed by atoms with Gasteiger partial charge in [-0.15, -0.1) is 0 Å². The fourth-order valence-corrected chi connectivity index (χ4v) is 2.54. The Kier molecular flexibility index (Phi) is 3.58. The molecule has 0 aliphatic rings. The maximum Gasteiger partial charge on any atom is 0.145 e. The summed E-state index contributed by atoms with van der Waals surface area (Å²) >= 11 is 0. The first-order valence-corrected chi connectivity index (χ1v) is 7.05. The van der Waals surface area contributed by atoms with Crippen LogP contribution in [0.5, 0.6) is 0 Å². The normalized spacial score (nSPS) is 11.2. The Morgan fingerprint density at radius 1 is 1.29 bits per heavy atom. The van der Waals surface area contributed by atoms with Crippen LogP contribution in [-0.2, 0) is 6.54 Å². The average Bonchev–Trinajstić information content (AvgIpc) is 2.95. The molecule has 0 fully saturated rings. The van der Waals surface area contributed by atoms with E-state index in [1.165, 1.54) is 0 Å². The van der Waals surface area contributed by atoms with Crippen LogP contribution in [0.4, 0.5) is 5.82 Å². The molecule has 0 spiro atoms. The van der Waals surface area contributed by atoms with Crippen LogP contribution in [0.2, 0.25) is 0 Å². The zero-order valence-corrected chi connectivity index (χ0v) is 12.2. The van der Waals surface area contributed by atoms with E-state index in [0.717, 1.165) is 22.3 Å². The zero-order valence-electron chi connectivity index (χ0n) is 12.2. The molecule has 0 atom stereocenters. The van der Waals surface area contributed by atoms with Gasteiger partial charge >= 0.3 is 0 Å². The Morgan fingerprint density at radius 2 is 2.10 bits per heavy atom. The van der Waals surface area contributed by atoms with Gasteiger partial charge in [-0.3, -0.25) is 0 Å². The van der Waals surface area contributed by atoms with Gasteiger partial charge in [0.25, 0.3) is 0 Å². The molecule has 21 heavy (non-hydrogen) atoms. The van der Waals surface area contributed by atoms with Crippen LogP contribution in [-0.4, -0.2) is 14.5 Å². The number of aromatic nitrogens is 3. The number of rotatable bonds is 4. The summed E-state index contributed by atoms with van der Waals surface area (Å²) in [4.78, 5) is 9.00. The number of hydrogen-bond donors (Lipinski definition) is 2. The van der Waals surface area contributed by atoms with Crippen LogP contribution in [0.25, 0.3) is 10.9 Å². The molecule has 5 nitrogen and oxygen atoms in total. The minimum atomic E-state index is 0.378. The van der Waals surface area contributed by atoms with E-state index in [4.69, 9.17) is 5.84 Å². The van der Waals surface area contributed by atoms with Gasteiger partial charge in [0.15, 0.2) is 0 Å². The molecule has 0 saturated heterocycles. The van der Waals surface area contributed by atoms with E-state index in [1.54, 1.807) is 0 Å². The Labute approximate surface area is 123 Å². The molecule has 2 heterocycles. The Morgan fingerprint density at radius 3 is 2.86 bits per heavy atom. The van der Waals surface area contributed by atoms with E-state index in [1.807, 2.05) is 30.6 Å². The molecule has 0 radical (unpaired) electrons.